The van der Waals surface area contributed by atoms with Crippen molar-refractivity contribution in [1.29, 1.82) is 0 Å². The molecule has 136 valence electrons. The van der Waals surface area contributed by atoms with Gasteiger partial charge in [0, 0.05) is 25.3 Å². The molecule has 0 aliphatic carbocycles. The number of rotatable bonds is 6. The van der Waals surface area contributed by atoms with Crippen molar-refractivity contribution in [1.82, 2.24) is 4.90 Å². The van der Waals surface area contributed by atoms with E-state index in [4.69, 9.17) is 13.6 Å². The van der Waals surface area contributed by atoms with Crippen LogP contribution in [0.4, 0.5) is 0 Å². The molecule has 0 amide bonds. The second-order valence-electron chi connectivity index (χ2n) is 6.90. The SMILES string of the molecule is Cc1ccc(CN(Cc2coc3ccccc3c2=O)CC2CCCO2)o1. The van der Waals surface area contributed by atoms with Gasteiger partial charge in [0.05, 0.1) is 24.3 Å². The molecule has 1 aromatic carbocycles. The molecule has 3 heterocycles. The Kier molecular flexibility index (Phi) is 4.91. The Labute approximate surface area is 152 Å². The second kappa shape index (κ2) is 7.48. The fourth-order valence-electron chi connectivity index (χ4n) is 3.52. The van der Waals surface area contributed by atoms with E-state index in [-0.39, 0.29) is 11.5 Å². The molecule has 5 nitrogen and oxygen atoms in total. The number of hydrogen-bond donors (Lipinski definition) is 0. The molecule has 1 saturated heterocycles. The van der Waals surface area contributed by atoms with Crippen LogP contribution in [0.5, 0.6) is 0 Å². The number of ether oxygens (including phenoxy) is 1. The van der Waals surface area contributed by atoms with E-state index in [9.17, 15) is 4.79 Å². The Morgan fingerprint density at radius 1 is 1.15 bits per heavy atom. The highest BCUT2D eigenvalue weighted by Gasteiger charge is 2.21. The van der Waals surface area contributed by atoms with Crippen LogP contribution in [0.25, 0.3) is 11.0 Å². The van der Waals surface area contributed by atoms with Crippen LogP contribution >= 0.6 is 0 Å². The van der Waals surface area contributed by atoms with Crippen molar-refractivity contribution in [3.8, 4) is 0 Å². The largest absolute Gasteiger partial charge is 0.465 e. The topological polar surface area (TPSA) is 55.8 Å². The summed E-state index contributed by atoms with van der Waals surface area (Å²) in [5, 5.41) is 0.621. The van der Waals surface area contributed by atoms with E-state index in [0.29, 0.717) is 29.6 Å². The molecule has 1 aliphatic heterocycles. The van der Waals surface area contributed by atoms with Gasteiger partial charge in [-0.25, -0.2) is 0 Å². The molecule has 5 heteroatoms. The maximum atomic E-state index is 12.8. The summed E-state index contributed by atoms with van der Waals surface area (Å²) in [4.78, 5) is 15.0. The Morgan fingerprint density at radius 2 is 2.04 bits per heavy atom. The van der Waals surface area contributed by atoms with Crippen LogP contribution in [0.15, 0.2) is 56.3 Å². The van der Waals surface area contributed by atoms with Gasteiger partial charge in [0.25, 0.3) is 0 Å². The number of fused-ring (bicyclic) bond motifs is 1. The molecule has 0 spiro atoms. The Morgan fingerprint density at radius 3 is 2.81 bits per heavy atom. The highest BCUT2D eigenvalue weighted by molar-refractivity contribution is 5.76. The van der Waals surface area contributed by atoms with Crippen molar-refractivity contribution in [2.75, 3.05) is 13.2 Å². The van der Waals surface area contributed by atoms with Crippen molar-refractivity contribution in [2.45, 2.75) is 39.0 Å². The van der Waals surface area contributed by atoms with Crippen LogP contribution in [0.2, 0.25) is 0 Å². The summed E-state index contributed by atoms with van der Waals surface area (Å²) in [5.41, 5.74) is 1.30. The number of nitrogens with zero attached hydrogens (tertiary/aromatic N) is 1. The lowest BCUT2D eigenvalue weighted by atomic mass is 10.1. The van der Waals surface area contributed by atoms with Crippen LogP contribution in [0, 0.1) is 6.92 Å². The van der Waals surface area contributed by atoms with E-state index >= 15 is 0 Å². The van der Waals surface area contributed by atoms with Gasteiger partial charge >= 0.3 is 0 Å². The molecule has 3 aromatic rings. The molecule has 0 bridgehead atoms. The first-order chi connectivity index (χ1) is 12.7. The smallest absolute Gasteiger partial charge is 0.197 e. The third kappa shape index (κ3) is 3.74. The van der Waals surface area contributed by atoms with Gasteiger partial charge in [0.1, 0.15) is 17.1 Å². The summed E-state index contributed by atoms with van der Waals surface area (Å²) in [7, 11) is 0. The first-order valence-electron chi connectivity index (χ1n) is 9.08. The number of benzene rings is 1. The minimum Gasteiger partial charge on any atom is -0.465 e. The van der Waals surface area contributed by atoms with Gasteiger partial charge in [-0.1, -0.05) is 12.1 Å². The molecular weight excluding hydrogens is 330 g/mol. The van der Waals surface area contributed by atoms with Crippen molar-refractivity contribution in [3.63, 3.8) is 0 Å². The minimum absolute atomic E-state index is 0.0276. The van der Waals surface area contributed by atoms with E-state index in [1.807, 2.05) is 43.3 Å². The highest BCUT2D eigenvalue weighted by atomic mass is 16.5. The Balaban J connectivity index is 1.58. The van der Waals surface area contributed by atoms with Crippen LogP contribution in [0.3, 0.4) is 0 Å². The van der Waals surface area contributed by atoms with E-state index in [2.05, 4.69) is 4.90 Å². The molecule has 4 rings (SSSR count). The minimum atomic E-state index is 0.0276. The molecule has 0 saturated carbocycles. The molecule has 1 atom stereocenters. The van der Waals surface area contributed by atoms with Crippen LogP contribution < -0.4 is 5.43 Å². The zero-order valence-electron chi connectivity index (χ0n) is 14.9. The third-order valence-corrected chi connectivity index (χ3v) is 4.81. The number of aryl methyl sites for hydroxylation is 1. The molecule has 26 heavy (non-hydrogen) atoms. The summed E-state index contributed by atoms with van der Waals surface area (Å²) in [6, 6.07) is 11.3. The van der Waals surface area contributed by atoms with E-state index in [1.165, 1.54) is 0 Å². The molecule has 0 N–H and O–H groups in total. The highest BCUT2D eigenvalue weighted by Crippen LogP contribution is 2.18. The third-order valence-electron chi connectivity index (χ3n) is 4.81. The van der Waals surface area contributed by atoms with E-state index < -0.39 is 0 Å². The monoisotopic (exact) mass is 353 g/mol. The van der Waals surface area contributed by atoms with Crippen LogP contribution in [-0.4, -0.2) is 24.2 Å². The van der Waals surface area contributed by atoms with E-state index in [0.717, 1.165) is 37.5 Å². The predicted octanol–water partition coefficient (Wildman–Crippen LogP) is 3.88. The fraction of sp³-hybridized carbons (Fsp3) is 0.381. The first-order valence-corrected chi connectivity index (χ1v) is 9.08. The lowest BCUT2D eigenvalue weighted by molar-refractivity contribution is 0.0651. The van der Waals surface area contributed by atoms with Gasteiger partial charge in [-0.15, -0.1) is 0 Å². The molecule has 0 radical (unpaired) electrons. The maximum Gasteiger partial charge on any atom is 0.197 e. The Bertz CT molecular complexity index is 936. The van der Waals surface area contributed by atoms with Crippen LogP contribution in [-0.2, 0) is 17.8 Å². The van der Waals surface area contributed by atoms with E-state index in [1.54, 1.807) is 6.26 Å². The molecule has 1 unspecified atom stereocenters. The number of para-hydroxylation sites is 1. The molecule has 1 fully saturated rings. The van der Waals surface area contributed by atoms with Crippen molar-refractivity contribution in [2.24, 2.45) is 0 Å². The van der Waals surface area contributed by atoms with Gasteiger partial charge in [-0.05, 0) is 44.0 Å². The van der Waals surface area contributed by atoms with Crippen molar-refractivity contribution in [3.05, 3.63) is 70.0 Å². The van der Waals surface area contributed by atoms with Gasteiger partial charge in [0.2, 0.25) is 0 Å². The lowest BCUT2D eigenvalue weighted by Crippen LogP contribution is -2.33. The fourth-order valence-corrected chi connectivity index (χ4v) is 3.52. The summed E-state index contributed by atoms with van der Waals surface area (Å²) in [6.07, 6.45) is 3.94. The van der Waals surface area contributed by atoms with Gasteiger partial charge in [-0.3, -0.25) is 9.69 Å². The summed E-state index contributed by atoms with van der Waals surface area (Å²) in [6.45, 7) is 4.67. The second-order valence-corrected chi connectivity index (χ2v) is 6.90. The quantitative estimate of drug-likeness (QED) is 0.673. The number of hydrogen-bond acceptors (Lipinski definition) is 5. The van der Waals surface area contributed by atoms with Crippen molar-refractivity contribution >= 4 is 11.0 Å². The molecule has 1 aliphatic rings. The van der Waals surface area contributed by atoms with Crippen molar-refractivity contribution < 1.29 is 13.6 Å². The van der Waals surface area contributed by atoms with Crippen LogP contribution in [0.1, 0.15) is 29.9 Å². The summed E-state index contributed by atoms with van der Waals surface area (Å²) >= 11 is 0. The Hall–Kier alpha value is -2.37. The maximum absolute atomic E-state index is 12.8. The first kappa shape index (κ1) is 17.1. The standard InChI is InChI=1S/C21H23NO4/c1-15-8-9-18(26-15)13-22(12-17-5-4-10-24-17)11-16-14-25-20-7-3-2-6-19(20)21(16)23/h2-3,6-9,14,17H,4-5,10-13H2,1H3. The zero-order chi connectivity index (χ0) is 17.9. The molecular formula is C21H23NO4. The van der Waals surface area contributed by atoms with Gasteiger partial charge in [0.15, 0.2) is 5.43 Å². The average Bonchev–Trinajstić information content (AvgIpc) is 3.29. The van der Waals surface area contributed by atoms with Gasteiger partial charge in [-0.2, -0.15) is 0 Å². The molecule has 2 aromatic heterocycles. The predicted molar refractivity (Wildman–Crippen MR) is 99.0 cm³/mol. The van der Waals surface area contributed by atoms with Gasteiger partial charge < -0.3 is 13.6 Å². The summed E-state index contributed by atoms with van der Waals surface area (Å²) in [5.74, 6) is 1.79. The summed E-state index contributed by atoms with van der Waals surface area (Å²) < 4.78 is 17.2. The number of furan rings is 1. The zero-order valence-corrected chi connectivity index (χ0v) is 14.9. The normalized spacial score (nSPS) is 17.4. The lowest BCUT2D eigenvalue weighted by Gasteiger charge is -2.24. The average molecular weight is 353 g/mol.